The molecule has 0 radical (unpaired) electrons. The second kappa shape index (κ2) is 16.9. The number of carbonyl (C=O) groups excluding carboxylic acids is 2. The lowest BCUT2D eigenvalue weighted by molar-refractivity contribution is -0.207. The van der Waals surface area contributed by atoms with Gasteiger partial charge in [-0.1, -0.05) is 6.07 Å². The number of halogens is 1. The van der Waals surface area contributed by atoms with Crippen molar-refractivity contribution in [3.8, 4) is 46.3 Å². The van der Waals surface area contributed by atoms with E-state index in [4.69, 9.17) is 54.5 Å². The van der Waals surface area contributed by atoms with Crippen LogP contribution in [0.5, 0.6) is 40.2 Å². The minimum atomic E-state index is -1.42. The number of likely N-dealkylation sites (N-methyl/N-ethyl adjacent to an activating group) is 1. The second-order valence-electron chi connectivity index (χ2n) is 18.0. The van der Waals surface area contributed by atoms with Gasteiger partial charge in [-0.3, -0.25) is 15.1 Å². The predicted molar refractivity (Wildman–Crippen MR) is 234 cm³/mol. The number of nitrogens with zero attached hydrogens (tertiary/aromatic N) is 3. The Labute approximate surface area is 381 Å². The number of nitriles is 1. The molecule has 2 N–H and O–H groups in total. The number of phenolic OH excluding ortho intramolecular Hbond substituents is 1. The van der Waals surface area contributed by atoms with Crippen molar-refractivity contribution in [3.63, 3.8) is 0 Å². The molecule has 0 saturated carbocycles. The topological polar surface area (TPSA) is 180 Å². The highest BCUT2D eigenvalue weighted by Gasteiger charge is 2.62. The van der Waals surface area contributed by atoms with Crippen molar-refractivity contribution < 1.29 is 57.6 Å². The molecule has 342 valence electrons. The number of ether oxygens (including phenoxy) is 7. The Morgan fingerprint density at radius 2 is 1.84 bits per heavy atom. The molecular formula is C46H53ClN4O12S. The monoisotopic (exact) mass is 920 g/mol. The third-order valence-electron chi connectivity index (χ3n) is 13.3. The van der Waals surface area contributed by atoms with Gasteiger partial charge in [-0.25, -0.2) is 9.59 Å². The largest absolute Gasteiger partial charge is 0.514 e. The van der Waals surface area contributed by atoms with Crippen LogP contribution in [0, 0.1) is 25.2 Å². The highest BCUT2D eigenvalue weighted by molar-refractivity contribution is 7.99. The number of hydrogen-bond donors (Lipinski definition) is 2. The lowest BCUT2D eigenvalue weighted by atomic mass is 9.71. The lowest BCUT2D eigenvalue weighted by Gasteiger charge is -2.62. The molecule has 64 heavy (non-hydrogen) atoms. The van der Waals surface area contributed by atoms with E-state index < -0.39 is 52.7 Å². The Morgan fingerprint density at radius 3 is 2.56 bits per heavy atom. The summed E-state index contributed by atoms with van der Waals surface area (Å²) in [5, 5.41) is 26.5. The molecule has 7 heterocycles. The highest BCUT2D eigenvalue weighted by Crippen LogP contribution is 2.64. The van der Waals surface area contributed by atoms with Crippen LogP contribution < -0.4 is 33.9 Å². The van der Waals surface area contributed by atoms with E-state index in [2.05, 4.69) is 27.3 Å². The van der Waals surface area contributed by atoms with Gasteiger partial charge >= 0.3 is 12.1 Å². The van der Waals surface area contributed by atoms with Gasteiger partial charge in [0.05, 0.1) is 44.2 Å². The third-order valence-corrected chi connectivity index (χ3v) is 15.0. The molecule has 1 spiro atoms. The van der Waals surface area contributed by atoms with Crippen molar-refractivity contribution >= 4 is 35.5 Å². The number of esters is 1. The zero-order chi connectivity index (χ0) is 45.4. The van der Waals surface area contributed by atoms with Gasteiger partial charge in [0.25, 0.3) is 0 Å². The van der Waals surface area contributed by atoms with E-state index in [1.54, 1.807) is 40.0 Å². The SMILES string of the molecule is COc1cc2c(cc1OC(=O)OC(C)(C)C)CCN[C@]21CS[C@@H]2c3c(OOCCCCl)c(C)c4c(c3[C@H](COC1=O)N1C2[C@@H]2c3c(cc(C)c(OC)c3O)C[C@@H]([C@@H]1C#N)N2C)OCO4. The van der Waals surface area contributed by atoms with Crippen molar-refractivity contribution in [2.75, 3.05) is 59.5 Å². The van der Waals surface area contributed by atoms with E-state index in [1.165, 1.54) is 18.9 Å². The predicted octanol–water partition coefficient (Wildman–Crippen LogP) is 6.61. The molecule has 2 fully saturated rings. The molecule has 2 saturated heterocycles. The van der Waals surface area contributed by atoms with Gasteiger partial charge in [-0.15, -0.1) is 23.4 Å². The Kier molecular flexibility index (Phi) is 11.7. The molecule has 1 unspecified atom stereocenters. The first-order chi connectivity index (χ1) is 30.7. The van der Waals surface area contributed by atoms with Crippen LogP contribution in [-0.4, -0.2) is 110 Å². The number of aromatic hydroxyl groups is 1. The highest BCUT2D eigenvalue weighted by atomic mass is 35.5. The average molecular weight is 921 g/mol. The first-order valence-corrected chi connectivity index (χ1v) is 23.0. The third kappa shape index (κ3) is 7.03. The molecule has 0 aromatic heterocycles. The Balaban J connectivity index is 1.26. The fourth-order valence-corrected chi connectivity index (χ4v) is 12.5. The van der Waals surface area contributed by atoms with Crippen molar-refractivity contribution in [3.05, 3.63) is 62.7 Å². The van der Waals surface area contributed by atoms with Crippen molar-refractivity contribution in [2.24, 2.45) is 0 Å². The van der Waals surface area contributed by atoms with Crippen LogP contribution in [0.15, 0.2) is 18.2 Å². The summed E-state index contributed by atoms with van der Waals surface area (Å²) in [6.07, 6.45) is 0.642. The lowest BCUT2D eigenvalue weighted by Crippen LogP contribution is -2.69. The molecule has 4 bridgehead atoms. The van der Waals surface area contributed by atoms with Crippen molar-refractivity contribution in [1.82, 2.24) is 15.1 Å². The maximum atomic E-state index is 15.1. The zero-order valence-electron chi connectivity index (χ0n) is 37.1. The maximum Gasteiger partial charge on any atom is 0.514 e. The van der Waals surface area contributed by atoms with Crippen LogP contribution in [-0.2, 0) is 37.5 Å². The first kappa shape index (κ1) is 44.4. The summed E-state index contributed by atoms with van der Waals surface area (Å²) in [6, 6.07) is 5.42. The summed E-state index contributed by atoms with van der Waals surface area (Å²) in [7, 11) is 5.02. The van der Waals surface area contributed by atoms with Crippen LogP contribution in [0.4, 0.5) is 4.79 Å². The Hall–Kier alpha value is -4.83. The Morgan fingerprint density at radius 1 is 1.06 bits per heavy atom. The minimum absolute atomic E-state index is 0.0474. The number of rotatable bonds is 8. The number of phenols is 1. The number of aryl methyl sites for hydroxylation is 1. The fraction of sp³-hybridized carbons (Fsp3) is 0.543. The van der Waals surface area contributed by atoms with Gasteiger partial charge < -0.3 is 43.2 Å². The second-order valence-corrected chi connectivity index (χ2v) is 19.5. The van der Waals surface area contributed by atoms with Crippen LogP contribution in [0.2, 0.25) is 0 Å². The van der Waals surface area contributed by atoms with Gasteiger partial charge in [0.2, 0.25) is 6.79 Å². The molecule has 7 aliphatic rings. The van der Waals surface area contributed by atoms with E-state index in [0.717, 1.165) is 22.3 Å². The summed E-state index contributed by atoms with van der Waals surface area (Å²) in [5.41, 5.74) is 3.68. The summed E-state index contributed by atoms with van der Waals surface area (Å²) in [4.78, 5) is 44.6. The van der Waals surface area contributed by atoms with Crippen LogP contribution in [0.3, 0.4) is 0 Å². The number of piperazine rings is 1. The smallest absolute Gasteiger partial charge is 0.504 e. The molecule has 7 atom stereocenters. The number of benzene rings is 3. The van der Waals surface area contributed by atoms with Crippen molar-refractivity contribution in [2.45, 2.75) is 100 Å². The van der Waals surface area contributed by atoms with E-state index in [0.29, 0.717) is 76.9 Å². The summed E-state index contributed by atoms with van der Waals surface area (Å²) in [6.45, 7) is 9.42. The zero-order valence-corrected chi connectivity index (χ0v) is 38.7. The molecule has 0 amide bonds. The summed E-state index contributed by atoms with van der Waals surface area (Å²) < 4.78 is 41.8. The molecule has 18 heteroatoms. The van der Waals surface area contributed by atoms with Gasteiger partial charge in [0, 0.05) is 52.5 Å². The van der Waals surface area contributed by atoms with Gasteiger partial charge in [0.1, 0.15) is 18.2 Å². The molecule has 10 rings (SSSR count). The van der Waals surface area contributed by atoms with Gasteiger partial charge in [0.15, 0.2) is 45.8 Å². The number of methoxy groups -OCH3 is 2. The number of fused-ring (bicyclic) bond motifs is 9. The van der Waals surface area contributed by atoms with Gasteiger partial charge in [-0.2, -0.15) is 10.1 Å². The molecule has 3 aromatic carbocycles. The minimum Gasteiger partial charge on any atom is -0.504 e. The Bertz CT molecular complexity index is 2440. The van der Waals surface area contributed by atoms with Gasteiger partial charge in [-0.05, 0) is 95.3 Å². The van der Waals surface area contributed by atoms with Crippen LogP contribution in [0.25, 0.3) is 0 Å². The van der Waals surface area contributed by atoms with E-state index >= 15 is 4.79 Å². The standard InChI is InChI=1S/C46H53ClN4O12S/c1-22-14-25-15-27-28(18-48)51-29-19-57-43(53)46(26-17-30(55-7)31(16-24(26)10-12-49-46)61-44(54)62-45(3,4)5)20-64-42(36(51)35(50(27)6)32(25)37(52)38(22)56-8)34-33(29)41-40(58-21-59-41)23(2)39(34)63-60-13-9-11-47/h14,16-17,27-29,35-36,42,49,52H,9-13,15,19-21H2,1-8H3/t27-,28-,29-,35-,36?,42+,46+/m0/s1. The molecular weight excluding hydrogens is 868 g/mol. The molecule has 0 aliphatic carbocycles. The number of carbonyl (C=O) groups is 2. The number of hydrogen-bond acceptors (Lipinski definition) is 17. The van der Waals surface area contributed by atoms with E-state index in [9.17, 15) is 15.2 Å². The van der Waals surface area contributed by atoms with Crippen LogP contribution >= 0.6 is 23.4 Å². The quantitative estimate of drug-likeness (QED) is 0.0615. The number of alkyl halides is 1. The summed E-state index contributed by atoms with van der Waals surface area (Å²) in [5.74, 6) is 2.18. The normalized spacial score (nSPS) is 26.7. The number of thioether (sulfide) groups is 1. The van der Waals surface area contributed by atoms with Crippen LogP contribution in [0.1, 0.15) is 89.0 Å². The average Bonchev–Trinajstić information content (AvgIpc) is 3.74. The molecule has 7 aliphatic heterocycles. The van der Waals surface area contributed by atoms with Crippen molar-refractivity contribution in [1.29, 1.82) is 5.26 Å². The molecule has 3 aromatic rings. The summed E-state index contributed by atoms with van der Waals surface area (Å²) >= 11 is 7.56. The van der Waals surface area contributed by atoms with E-state index in [1.807, 2.05) is 20.9 Å². The molecule has 16 nitrogen and oxygen atoms in total. The fourth-order valence-electron chi connectivity index (χ4n) is 10.7. The number of nitrogens with one attached hydrogen (secondary N) is 1. The first-order valence-electron chi connectivity index (χ1n) is 21.4. The maximum absolute atomic E-state index is 15.1. The van der Waals surface area contributed by atoms with E-state index in [-0.39, 0.29) is 49.0 Å².